The second kappa shape index (κ2) is 2.12. The van der Waals surface area contributed by atoms with Gasteiger partial charge in [0.1, 0.15) is 6.04 Å². The molecule has 0 aromatic carbocycles. The summed E-state index contributed by atoms with van der Waals surface area (Å²) in [5.41, 5.74) is 2.91. The van der Waals surface area contributed by atoms with Crippen LogP contribution in [0.25, 0.3) is 0 Å². The third-order valence-corrected chi connectivity index (χ3v) is 1.25. The number of hydrazine groups is 1. The second-order valence-corrected chi connectivity index (χ2v) is 1.82. The predicted octanol–water partition coefficient (Wildman–Crippen LogP) is -0.120. The van der Waals surface area contributed by atoms with Crippen molar-refractivity contribution in [3.05, 3.63) is 6.54 Å². The van der Waals surface area contributed by atoms with Gasteiger partial charge in [-0.15, -0.1) is 0 Å². The van der Waals surface area contributed by atoms with Gasteiger partial charge in [0.05, 0.1) is 6.07 Å². The molecule has 1 saturated heterocycles. The van der Waals surface area contributed by atoms with Crippen molar-refractivity contribution in [2.24, 2.45) is 0 Å². The molecular formula is C5H8N3. The van der Waals surface area contributed by atoms with E-state index in [4.69, 9.17) is 5.26 Å². The fourth-order valence-corrected chi connectivity index (χ4v) is 0.696. The molecule has 0 spiro atoms. The van der Waals surface area contributed by atoms with Crippen molar-refractivity contribution in [1.82, 2.24) is 10.4 Å². The molecule has 1 fully saturated rings. The van der Waals surface area contributed by atoms with Gasteiger partial charge in [0, 0.05) is 13.6 Å². The van der Waals surface area contributed by atoms with E-state index < -0.39 is 0 Å². The van der Waals surface area contributed by atoms with Crippen molar-refractivity contribution in [3.8, 4) is 6.07 Å². The molecule has 1 radical (unpaired) electrons. The average Bonchev–Trinajstić information content (AvgIpc) is 2.14. The van der Waals surface area contributed by atoms with E-state index in [0.29, 0.717) is 0 Å². The lowest BCUT2D eigenvalue weighted by atomic mass is 10.3. The van der Waals surface area contributed by atoms with Gasteiger partial charge >= 0.3 is 0 Å². The second-order valence-electron chi connectivity index (χ2n) is 1.82. The SMILES string of the molecule is CN1N[CH]CC1C#N. The summed E-state index contributed by atoms with van der Waals surface area (Å²) in [5, 5.41) is 10.2. The molecule has 0 aromatic rings. The average molecular weight is 110 g/mol. The maximum absolute atomic E-state index is 8.38. The molecule has 0 aliphatic carbocycles. The van der Waals surface area contributed by atoms with Gasteiger partial charge in [-0.2, -0.15) is 5.26 Å². The third-order valence-electron chi connectivity index (χ3n) is 1.25. The normalized spacial score (nSPS) is 30.2. The first-order valence-corrected chi connectivity index (χ1v) is 2.55. The van der Waals surface area contributed by atoms with Crippen LogP contribution in [0.2, 0.25) is 0 Å². The minimum atomic E-state index is 0.0370. The highest BCUT2D eigenvalue weighted by molar-refractivity contribution is 4.96. The Balaban J connectivity index is 2.45. The molecule has 1 aliphatic heterocycles. The lowest BCUT2D eigenvalue weighted by Crippen LogP contribution is -2.30. The van der Waals surface area contributed by atoms with Gasteiger partial charge in [-0.25, -0.2) is 10.4 Å². The van der Waals surface area contributed by atoms with Crippen molar-refractivity contribution in [2.75, 3.05) is 7.05 Å². The fourth-order valence-electron chi connectivity index (χ4n) is 0.696. The Morgan fingerprint density at radius 2 is 2.75 bits per heavy atom. The lowest BCUT2D eigenvalue weighted by molar-refractivity contribution is 0.282. The van der Waals surface area contributed by atoms with Crippen molar-refractivity contribution < 1.29 is 0 Å². The topological polar surface area (TPSA) is 39.1 Å². The summed E-state index contributed by atoms with van der Waals surface area (Å²) in [4.78, 5) is 0. The fraction of sp³-hybridized carbons (Fsp3) is 0.600. The zero-order valence-corrected chi connectivity index (χ0v) is 4.76. The summed E-state index contributed by atoms with van der Waals surface area (Å²) >= 11 is 0. The molecule has 1 aliphatic rings. The van der Waals surface area contributed by atoms with Gasteiger partial charge in [-0.05, 0) is 6.42 Å². The number of nitrogens with one attached hydrogen (secondary N) is 1. The van der Waals surface area contributed by atoms with Crippen LogP contribution in [0, 0.1) is 17.9 Å². The molecule has 1 atom stereocenters. The van der Waals surface area contributed by atoms with Gasteiger partial charge < -0.3 is 0 Å². The van der Waals surface area contributed by atoms with E-state index in [2.05, 4.69) is 11.5 Å². The molecule has 1 unspecified atom stereocenters. The minimum Gasteiger partial charge on any atom is -0.249 e. The molecule has 0 saturated carbocycles. The monoisotopic (exact) mass is 110 g/mol. The Morgan fingerprint density at radius 3 is 3.00 bits per heavy atom. The number of hydrogen-bond donors (Lipinski definition) is 1. The summed E-state index contributed by atoms with van der Waals surface area (Å²) in [6.07, 6.45) is 0.826. The first kappa shape index (κ1) is 5.54. The molecule has 1 rings (SSSR count). The Bertz CT molecular complexity index is 115. The summed E-state index contributed by atoms with van der Waals surface area (Å²) < 4.78 is 0. The van der Waals surface area contributed by atoms with E-state index in [1.807, 2.05) is 13.6 Å². The van der Waals surface area contributed by atoms with E-state index in [9.17, 15) is 0 Å². The molecule has 43 valence electrons. The molecule has 8 heavy (non-hydrogen) atoms. The van der Waals surface area contributed by atoms with Crippen LogP contribution in [-0.4, -0.2) is 18.1 Å². The summed E-state index contributed by atoms with van der Waals surface area (Å²) in [7, 11) is 1.86. The van der Waals surface area contributed by atoms with Gasteiger partial charge in [0.2, 0.25) is 0 Å². The smallest absolute Gasteiger partial charge is 0.112 e. The minimum absolute atomic E-state index is 0.0370. The molecule has 1 heterocycles. The van der Waals surface area contributed by atoms with Gasteiger partial charge in [0.25, 0.3) is 0 Å². The van der Waals surface area contributed by atoms with E-state index in [1.54, 1.807) is 5.01 Å². The quantitative estimate of drug-likeness (QED) is 0.472. The van der Waals surface area contributed by atoms with Crippen LogP contribution in [0.15, 0.2) is 0 Å². The first-order valence-electron chi connectivity index (χ1n) is 2.55. The van der Waals surface area contributed by atoms with Crippen molar-refractivity contribution >= 4 is 0 Å². The highest BCUT2D eigenvalue weighted by atomic mass is 15.5. The molecule has 0 amide bonds. The Labute approximate surface area is 48.9 Å². The van der Waals surface area contributed by atoms with E-state index >= 15 is 0 Å². The van der Waals surface area contributed by atoms with Gasteiger partial charge in [-0.1, -0.05) is 0 Å². The Hall–Kier alpha value is -0.590. The van der Waals surface area contributed by atoms with Gasteiger partial charge in [0.15, 0.2) is 0 Å². The standard InChI is InChI=1S/C5H8N3/c1-8-5(4-6)2-3-7-8/h3,5,7H,2H2,1H3. The van der Waals surface area contributed by atoms with Crippen LogP contribution in [0.1, 0.15) is 6.42 Å². The van der Waals surface area contributed by atoms with Crippen molar-refractivity contribution in [1.29, 1.82) is 5.26 Å². The van der Waals surface area contributed by atoms with Crippen LogP contribution in [0.5, 0.6) is 0 Å². The van der Waals surface area contributed by atoms with Crippen LogP contribution in [0.4, 0.5) is 0 Å². The zero-order valence-electron chi connectivity index (χ0n) is 4.76. The molecule has 0 bridgehead atoms. The molecule has 3 heteroatoms. The van der Waals surface area contributed by atoms with Gasteiger partial charge in [-0.3, -0.25) is 0 Å². The third kappa shape index (κ3) is 0.808. The number of nitriles is 1. The Kier molecular flexibility index (Phi) is 1.47. The predicted molar refractivity (Wildman–Crippen MR) is 29.2 cm³/mol. The maximum Gasteiger partial charge on any atom is 0.112 e. The summed E-state index contributed by atoms with van der Waals surface area (Å²) in [6.45, 7) is 1.88. The molecule has 3 nitrogen and oxygen atoms in total. The molecular weight excluding hydrogens is 102 g/mol. The van der Waals surface area contributed by atoms with Crippen molar-refractivity contribution in [3.63, 3.8) is 0 Å². The summed E-state index contributed by atoms with van der Waals surface area (Å²) in [5.74, 6) is 0. The van der Waals surface area contributed by atoms with Crippen LogP contribution >= 0.6 is 0 Å². The first-order chi connectivity index (χ1) is 3.84. The summed E-state index contributed by atoms with van der Waals surface area (Å²) in [6, 6.07) is 2.18. The number of hydrogen-bond acceptors (Lipinski definition) is 3. The highest BCUT2D eigenvalue weighted by Gasteiger charge is 2.18. The highest BCUT2D eigenvalue weighted by Crippen LogP contribution is 2.06. The molecule has 1 N–H and O–H groups in total. The van der Waals surface area contributed by atoms with Crippen molar-refractivity contribution in [2.45, 2.75) is 12.5 Å². The van der Waals surface area contributed by atoms with E-state index in [1.165, 1.54) is 0 Å². The van der Waals surface area contributed by atoms with Crippen LogP contribution in [-0.2, 0) is 0 Å². The van der Waals surface area contributed by atoms with E-state index in [-0.39, 0.29) is 6.04 Å². The molecule has 0 aromatic heterocycles. The van der Waals surface area contributed by atoms with Crippen LogP contribution < -0.4 is 5.43 Å². The largest absolute Gasteiger partial charge is 0.249 e. The van der Waals surface area contributed by atoms with Crippen LogP contribution in [0.3, 0.4) is 0 Å². The maximum atomic E-state index is 8.38. The number of nitrogens with zero attached hydrogens (tertiary/aromatic N) is 2. The zero-order chi connectivity index (χ0) is 5.98. The number of rotatable bonds is 0. The lowest BCUT2D eigenvalue weighted by Gasteiger charge is -2.09. The Morgan fingerprint density at radius 1 is 2.00 bits per heavy atom. The van der Waals surface area contributed by atoms with E-state index in [0.717, 1.165) is 6.42 Å².